The Morgan fingerprint density at radius 1 is 0.354 bits per heavy atom. The summed E-state index contributed by atoms with van der Waals surface area (Å²) in [5.41, 5.74) is -10.2. The summed E-state index contributed by atoms with van der Waals surface area (Å²) in [4.78, 5) is 123. The van der Waals surface area contributed by atoms with Gasteiger partial charge in [0, 0.05) is 0 Å². The fourth-order valence-corrected chi connectivity index (χ4v) is 1.85. The van der Waals surface area contributed by atoms with Gasteiger partial charge in [0.1, 0.15) is 0 Å². The Hall–Kier alpha value is -2.70. The minimum absolute atomic E-state index is 0. The standard InChI is InChI=1S/3C6H6O9.3Ca.6H/c3*7-2(8)1-6(14,3(9)10)4(11)15-5(12)13;;;;;;;;;/h3*14H,1H2,(H,7,8)(H,9,10)(H,12,13);;;;;;;;;. The van der Waals surface area contributed by atoms with E-state index in [-0.39, 0.29) is 113 Å². The van der Waals surface area contributed by atoms with E-state index in [1.54, 1.807) is 0 Å². The van der Waals surface area contributed by atoms with Crippen molar-refractivity contribution in [2.24, 2.45) is 0 Å². The van der Waals surface area contributed by atoms with E-state index in [4.69, 9.17) is 61.3 Å². The van der Waals surface area contributed by atoms with E-state index in [0.29, 0.717) is 0 Å². The molecule has 0 aliphatic rings. The Morgan fingerprint density at radius 2 is 0.500 bits per heavy atom. The molecular weight excluding hydrogens is 768 g/mol. The normalized spacial score (nSPS) is 12.8. The fourth-order valence-electron chi connectivity index (χ4n) is 1.85. The van der Waals surface area contributed by atoms with E-state index < -0.39 is 108 Å². The van der Waals surface area contributed by atoms with Crippen LogP contribution in [0.2, 0.25) is 0 Å². The quantitative estimate of drug-likeness (QED) is 0.0378. The van der Waals surface area contributed by atoms with E-state index in [1.165, 1.54) is 0 Å². The monoisotopic (exact) mass is 792 g/mol. The Balaban J connectivity index is -0.000000134. The molecule has 0 aliphatic heterocycles. The van der Waals surface area contributed by atoms with E-state index in [1.807, 2.05) is 0 Å². The van der Waals surface area contributed by atoms with Gasteiger partial charge in [0.05, 0.1) is 19.3 Å². The molecule has 0 spiro atoms. The van der Waals surface area contributed by atoms with Crippen molar-refractivity contribution in [2.75, 3.05) is 0 Å². The third-order valence-corrected chi connectivity index (χ3v) is 3.84. The van der Waals surface area contributed by atoms with Crippen molar-refractivity contribution in [3.05, 3.63) is 0 Å². The summed E-state index contributed by atoms with van der Waals surface area (Å²) in [5, 5.41) is 101. The summed E-state index contributed by atoms with van der Waals surface area (Å²) in [6, 6.07) is 0. The number of carboxylic acids is 6. The molecule has 0 aliphatic carbocycles. The van der Waals surface area contributed by atoms with Gasteiger partial charge in [0.15, 0.2) is 0 Å². The van der Waals surface area contributed by atoms with Gasteiger partial charge in [-0.3, -0.25) is 14.4 Å². The number of hydrogen-bond donors (Lipinski definition) is 12. The average Bonchev–Trinajstić information content (AvgIpc) is 2.81. The third-order valence-electron chi connectivity index (χ3n) is 3.84. The van der Waals surface area contributed by atoms with Gasteiger partial charge >= 0.3 is 185 Å². The molecule has 3 unspecified atom stereocenters. The Morgan fingerprint density at radius 3 is 0.583 bits per heavy atom. The summed E-state index contributed by atoms with van der Waals surface area (Å²) in [7, 11) is 0. The number of rotatable bonds is 12. The summed E-state index contributed by atoms with van der Waals surface area (Å²) >= 11 is 0. The molecule has 30 heteroatoms. The van der Waals surface area contributed by atoms with Gasteiger partial charge in [-0.1, -0.05) is 0 Å². The first kappa shape index (κ1) is 57.6. The Bertz CT molecular complexity index is 1120. The van der Waals surface area contributed by atoms with E-state index >= 15 is 0 Å². The molecule has 0 aromatic rings. The maximum absolute atomic E-state index is 10.8. The van der Waals surface area contributed by atoms with Crippen LogP contribution in [-0.2, 0) is 57.4 Å². The predicted molar refractivity (Wildman–Crippen MR) is 142 cm³/mol. The van der Waals surface area contributed by atoms with Crippen LogP contribution < -0.4 is 0 Å². The van der Waals surface area contributed by atoms with E-state index in [9.17, 15) is 57.5 Å². The van der Waals surface area contributed by atoms with Crippen LogP contribution in [0.4, 0.5) is 14.4 Å². The van der Waals surface area contributed by atoms with Crippen molar-refractivity contribution >= 4 is 185 Å². The van der Waals surface area contributed by atoms with Crippen molar-refractivity contribution in [3.63, 3.8) is 0 Å². The number of carbonyl (C=O) groups is 12. The van der Waals surface area contributed by atoms with Crippen LogP contribution in [0.25, 0.3) is 0 Å². The first-order valence-electron chi connectivity index (χ1n) is 9.98. The zero-order valence-electron chi connectivity index (χ0n) is 21.1. The molecule has 48 heavy (non-hydrogen) atoms. The predicted octanol–water partition coefficient (Wildman–Crippen LogP) is -7.25. The third kappa shape index (κ3) is 21.3. The molecule has 27 nitrogen and oxygen atoms in total. The van der Waals surface area contributed by atoms with Crippen molar-refractivity contribution in [3.8, 4) is 0 Å². The van der Waals surface area contributed by atoms with Crippen molar-refractivity contribution < 1.29 is 133 Å². The first-order chi connectivity index (χ1) is 20.1. The molecule has 0 amide bonds. The molecule has 0 heterocycles. The summed E-state index contributed by atoms with van der Waals surface area (Å²) in [6.45, 7) is 0. The van der Waals surface area contributed by atoms with Gasteiger partial charge in [-0.2, -0.15) is 0 Å². The topological polar surface area (TPSA) is 475 Å². The molecule has 12 N–H and O–H groups in total. The van der Waals surface area contributed by atoms with Gasteiger partial charge in [-0.25, -0.2) is 43.2 Å². The van der Waals surface area contributed by atoms with Gasteiger partial charge in [-0.05, 0) is 0 Å². The average molecular weight is 793 g/mol. The second kappa shape index (κ2) is 25.3. The molecule has 3 atom stereocenters. The first-order valence-corrected chi connectivity index (χ1v) is 9.98. The Labute approximate surface area is 350 Å². The zero-order chi connectivity index (χ0) is 36.7. The molecule has 0 saturated heterocycles. The molecule has 0 aromatic carbocycles. The number of aliphatic carboxylic acids is 6. The van der Waals surface area contributed by atoms with Crippen LogP contribution >= 0.6 is 0 Å². The molecule has 0 fully saturated rings. The van der Waals surface area contributed by atoms with Crippen LogP contribution in [0.5, 0.6) is 0 Å². The molecule has 0 aromatic heterocycles. The van der Waals surface area contributed by atoms with Crippen LogP contribution in [-0.4, -0.2) is 263 Å². The van der Waals surface area contributed by atoms with Crippen LogP contribution in [0, 0.1) is 0 Å². The number of esters is 3. The number of aliphatic hydroxyl groups is 3. The van der Waals surface area contributed by atoms with Crippen molar-refractivity contribution in [1.82, 2.24) is 0 Å². The van der Waals surface area contributed by atoms with Crippen LogP contribution in [0.1, 0.15) is 19.3 Å². The van der Waals surface area contributed by atoms with Gasteiger partial charge in [-0.15, -0.1) is 0 Å². The number of carbonyl (C=O) groups excluding carboxylic acids is 3. The zero-order valence-corrected chi connectivity index (χ0v) is 21.1. The van der Waals surface area contributed by atoms with Crippen molar-refractivity contribution in [1.29, 1.82) is 0 Å². The second-order valence-electron chi connectivity index (χ2n) is 7.17. The van der Waals surface area contributed by atoms with Crippen molar-refractivity contribution in [2.45, 2.75) is 36.1 Å². The Kier molecular flexibility index (Phi) is 30.3. The molecule has 0 rings (SSSR count). The summed E-state index contributed by atoms with van der Waals surface area (Å²) in [6.07, 6.45) is -11.0. The number of ether oxygens (including phenoxy) is 3. The van der Waals surface area contributed by atoms with Gasteiger partial charge in [0.25, 0.3) is 16.8 Å². The SMILES string of the molecule is O=C(O)CC(O)(C(=O)O)C(=O)OC(=O)O.O=C(O)CC(O)(C(=O)O)C(=O)OC(=O)O.O=C(O)CC(O)(C(=O)O)C(=O)OC(=O)O.[CaH2].[CaH2].[CaH2]. The van der Waals surface area contributed by atoms with Gasteiger partial charge < -0.3 is 75.5 Å². The molecule has 0 bridgehead atoms. The van der Waals surface area contributed by atoms with Crippen LogP contribution in [0.15, 0.2) is 0 Å². The summed E-state index contributed by atoms with van der Waals surface area (Å²) in [5.74, 6) is -18.3. The molecule has 264 valence electrons. The molecular formula is C18H24Ca3O27. The van der Waals surface area contributed by atoms with Gasteiger partial charge in [0.2, 0.25) is 0 Å². The minimum atomic E-state index is -3.41. The van der Waals surface area contributed by atoms with Crippen LogP contribution in [0.3, 0.4) is 0 Å². The molecule has 0 radical (unpaired) electrons. The number of hydrogen-bond acceptors (Lipinski definition) is 18. The van der Waals surface area contributed by atoms with E-state index in [0.717, 1.165) is 0 Å². The second-order valence-corrected chi connectivity index (χ2v) is 7.17. The van der Waals surface area contributed by atoms with E-state index in [2.05, 4.69) is 14.2 Å². The molecule has 0 saturated carbocycles. The fraction of sp³-hybridized carbons (Fsp3) is 0.333. The summed E-state index contributed by atoms with van der Waals surface area (Å²) < 4.78 is 10.1. The maximum atomic E-state index is 10.8. The number of carboxylic acid groups (broad SMARTS) is 9.